The van der Waals surface area contributed by atoms with Gasteiger partial charge in [0.15, 0.2) is 0 Å². The molecule has 0 saturated heterocycles. The normalized spacial score (nSPS) is 13.0. The van der Waals surface area contributed by atoms with Crippen LogP contribution in [0.25, 0.3) is 10.8 Å². The van der Waals surface area contributed by atoms with Crippen molar-refractivity contribution >= 4 is 34.2 Å². The molecule has 0 aromatic heterocycles. The summed E-state index contributed by atoms with van der Waals surface area (Å²) < 4.78 is 4.65. The Balaban J connectivity index is 2.10. The van der Waals surface area contributed by atoms with Crippen LogP contribution in [0.1, 0.15) is 26.2 Å². The van der Waals surface area contributed by atoms with Gasteiger partial charge in [-0.1, -0.05) is 17.3 Å². The highest BCUT2D eigenvalue weighted by Gasteiger charge is 2.16. The van der Waals surface area contributed by atoms with Gasteiger partial charge in [-0.25, -0.2) is 0 Å². The molecule has 0 bridgehead atoms. The van der Waals surface area contributed by atoms with Crippen molar-refractivity contribution in [3.63, 3.8) is 0 Å². The molecule has 1 atom stereocenters. The number of phenolic OH excluding ortho intramolecular Hbond substituents is 1. The van der Waals surface area contributed by atoms with E-state index in [2.05, 4.69) is 9.89 Å². The second-order valence-corrected chi connectivity index (χ2v) is 6.79. The van der Waals surface area contributed by atoms with E-state index in [0.29, 0.717) is 25.0 Å². The van der Waals surface area contributed by atoms with Gasteiger partial charge >= 0.3 is 5.97 Å². The number of esters is 1. The maximum Gasteiger partial charge on any atom is 0.305 e. The molecular formula is C18H21NO4S. The zero-order chi connectivity index (χ0) is 17.5. The fraction of sp³-hybridized carbons (Fsp3) is 0.333. The molecule has 5 nitrogen and oxygen atoms in total. The molecule has 1 unspecified atom stereocenters. The maximum atomic E-state index is 11.2. The van der Waals surface area contributed by atoms with Crippen LogP contribution in [0.4, 0.5) is 0 Å². The topological polar surface area (TPSA) is 79.1 Å². The summed E-state index contributed by atoms with van der Waals surface area (Å²) in [6.45, 7) is 1.77. The first-order valence-corrected chi connectivity index (χ1v) is 8.56. The van der Waals surface area contributed by atoms with Crippen LogP contribution >= 0.6 is 11.8 Å². The lowest BCUT2D eigenvalue weighted by molar-refractivity contribution is -0.140. The van der Waals surface area contributed by atoms with Gasteiger partial charge < -0.3 is 15.1 Å². The third kappa shape index (κ3) is 4.89. The number of carbonyl (C=O) groups excluding carboxylic acids is 1. The summed E-state index contributed by atoms with van der Waals surface area (Å²) in [7, 11) is 1.38. The van der Waals surface area contributed by atoms with E-state index in [-0.39, 0.29) is 17.0 Å². The van der Waals surface area contributed by atoms with Crippen LogP contribution in [0, 0.1) is 0 Å². The Kier molecular flexibility index (Phi) is 6.49. The molecule has 0 aliphatic heterocycles. The molecule has 2 N–H and O–H groups in total. The van der Waals surface area contributed by atoms with Crippen LogP contribution in [0.15, 0.2) is 46.4 Å². The highest BCUT2D eigenvalue weighted by atomic mass is 32.2. The molecule has 6 heteroatoms. The highest BCUT2D eigenvalue weighted by molar-refractivity contribution is 8.00. The van der Waals surface area contributed by atoms with E-state index in [1.807, 2.05) is 24.3 Å². The minimum atomic E-state index is -0.233. The number of carbonyl (C=O) groups is 1. The Morgan fingerprint density at radius 2 is 1.96 bits per heavy atom. The van der Waals surface area contributed by atoms with Crippen molar-refractivity contribution in [2.45, 2.75) is 36.3 Å². The lowest BCUT2D eigenvalue weighted by Crippen LogP contribution is -2.15. The summed E-state index contributed by atoms with van der Waals surface area (Å²) in [5.41, 5.74) is 0.621. The molecule has 0 fully saturated rings. The largest absolute Gasteiger partial charge is 0.508 e. The third-order valence-corrected chi connectivity index (χ3v) is 5.16. The Labute approximate surface area is 145 Å². The Bertz CT molecular complexity index is 745. The van der Waals surface area contributed by atoms with E-state index in [9.17, 15) is 9.90 Å². The number of aromatic hydroxyl groups is 1. The van der Waals surface area contributed by atoms with E-state index in [4.69, 9.17) is 5.21 Å². The van der Waals surface area contributed by atoms with Crippen molar-refractivity contribution in [1.82, 2.24) is 0 Å². The number of hydrogen-bond donors (Lipinski definition) is 2. The zero-order valence-electron chi connectivity index (χ0n) is 13.7. The summed E-state index contributed by atoms with van der Waals surface area (Å²) in [5.74, 6) is 0.00898. The molecule has 2 aromatic carbocycles. The molecule has 2 rings (SSSR count). The van der Waals surface area contributed by atoms with Crippen molar-refractivity contribution < 1.29 is 19.8 Å². The van der Waals surface area contributed by atoms with Crippen molar-refractivity contribution in [2.24, 2.45) is 5.16 Å². The molecule has 128 valence electrons. The molecule has 0 spiro atoms. The molecule has 0 aliphatic carbocycles. The van der Waals surface area contributed by atoms with E-state index in [1.165, 1.54) is 7.11 Å². The number of ether oxygens (including phenoxy) is 1. The van der Waals surface area contributed by atoms with E-state index in [0.717, 1.165) is 15.7 Å². The number of methoxy groups -OCH3 is 1. The summed E-state index contributed by atoms with van der Waals surface area (Å²) in [6, 6.07) is 11.2. The number of phenols is 1. The van der Waals surface area contributed by atoms with Gasteiger partial charge in [0.25, 0.3) is 0 Å². The molecule has 0 radical (unpaired) electrons. The first-order valence-electron chi connectivity index (χ1n) is 7.68. The number of nitrogens with zero attached hydrogens (tertiary/aromatic N) is 1. The minimum absolute atomic E-state index is 0.0192. The van der Waals surface area contributed by atoms with E-state index >= 15 is 0 Å². The predicted octanol–water partition coefficient (Wildman–Crippen LogP) is 4.20. The van der Waals surface area contributed by atoms with Gasteiger partial charge in [0.2, 0.25) is 0 Å². The minimum Gasteiger partial charge on any atom is -0.508 e. The van der Waals surface area contributed by atoms with Crippen LogP contribution in [-0.4, -0.2) is 34.4 Å². The van der Waals surface area contributed by atoms with E-state index < -0.39 is 0 Å². The van der Waals surface area contributed by atoms with Crippen molar-refractivity contribution in [2.75, 3.05) is 7.11 Å². The fourth-order valence-corrected chi connectivity index (χ4v) is 3.57. The van der Waals surface area contributed by atoms with Gasteiger partial charge in [-0.3, -0.25) is 4.79 Å². The van der Waals surface area contributed by atoms with Gasteiger partial charge in [-0.15, -0.1) is 11.8 Å². The van der Waals surface area contributed by atoms with Gasteiger partial charge in [0, 0.05) is 11.3 Å². The predicted molar refractivity (Wildman–Crippen MR) is 96.0 cm³/mol. The van der Waals surface area contributed by atoms with Crippen molar-refractivity contribution in [3.8, 4) is 5.75 Å². The number of benzene rings is 2. The van der Waals surface area contributed by atoms with Gasteiger partial charge in [-0.05, 0) is 54.8 Å². The van der Waals surface area contributed by atoms with Gasteiger partial charge in [-0.2, -0.15) is 0 Å². The molecule has 0 heterocycles. The third-order valence-electron chi connectivity index (χ3n) is 3.77. The number of hydrogen-bond acceptors (Lipinski definition) is 6. The van der Waals surface area contributed by atoms with Crippen molar-refractivity contribution in [1.29, 1.82) is 0 Å². The Morgan fingerprint density at radius 1 is 1.25 bits per heavy atom. The smallest absolute Gasteiger partial charge is 0.305 e. The number of rotatable bonds is 7. The quantitative estimate of drug-likeness (QED) is 0.258. The molecule has 0 saturated carbocycles. The molecule has 0 amide bonds. The zero-order valence-corrected chi connectivity index (χ0v) is 14.5. The summed E-state index contributed by atoms with van der Waals surface area (Å²) in [5, 5.41) is 23.9. The highest BCUT2D eigenvalue weighted by Crippen LogP contribution is 2.31. The summed E-state index contributed by atoms with van der Waals surface area (Å²) in [4.78, 5) is 12.3. The lowest BCUT2D eigenvalue weighted by atomic mass is 10.1. The van der Waals surface area contributed by atoms with E-state index in [1.54, 1.807) is 30.8 Å². The van der Waals surface area contributed by atoms with Crippen LogP contribution in [0.5, 0.6) is 5.75 Å². The maximum absolute atomic E-state index is 11.2. The molecular weight excluding hydrogens is 326 g/mol. The monoisotopic (exact) mass is 347 g/mol. The van der Waals surface area contributed by atoms with Crippen LogP contribution in [0.3, 0.4) is 0 Å². The number of thioether (sulfide) groups is 1. The first-order chi connectivity index (χ1) is 11.5. The SMILES string of the molecule is COC(=O)CCCC(Sc1ccc2cc(O)ccc2c1)/C(C)=N/O. The Hall–Kier alpha value is -2.21. The van der Waals surface area contributed by atoms with Crippen LogP contribution in [0.2, 0.25) is 0 Å². The molecule has 0 aliphatic rings. The lowest BCUT2D eigenvalue weighted by Gasteiger charge is -2.15. The average molecular weight is 347 g/mol. The summed E-state index contributed by atoms with van der Waals surface area (Å²) in [6.07, 6.45) is 1.73. The first kappa shape index (κ1) is 18.1. The van der Waals surface area contributed by atoms with Gasteiger partial charge in [0.1, 0.15) is 5.75 Å². The molecule has 2 aromatic rings. The fourth-order valence-electron chi connectivity index (χ4n) is 2.40. The van der Waals surface area contributed by atoms with Crippen molar-refractivity contribution in [3.05, 3.63) is 36.4 Å². The summed E-state index contributed by atoms with van der Waals surface area (Å²) >= 11 is 1.59. The number of oxime groups is 1. The van der Waals surface area contributed by atoms with Crippen LogP contribution < -0.4 is 0 Å². The average Bonchev–Trinajstić information content (AvgIpc) is 2.60. The standard InChI is InChI=1S/C18H21NO4S/c1-12(19-22)17(4-3-5-18(21)23-2)24-16-9-7-13-10-15(20)8-6-14(13)11-16/h6-11,17,20,22H,3-5H2,1-2H3/b19-12+. The Morgan fingerprint density at radius 3 is 2.67 bits per heavy atom. The second-order valence-electron chi connectivity index (χ2n) is 5.51. The second kappa shape index (κ2) is 8.59. The van der Waals surface area contributed by atoms with Crippen LogP contribution in [-0.2, 0) is 9.53 Å². The number of fused-ring (bicyclic) bond motifs is 1. The molecule has 24 heavy (non-hydrogen) atoms. The van der Waals surface area contributed by atoms with Gasteiger partial charge in [0.05, 0.1) is 18.1 Å².